The first-order valence-corrected chi connectivity index (χ1v) is 7.72. The molecular weight excluding hydrogens is 304 g/mol. The third-order valence-electron chi connectivity index (χ3n) is 3.99. The monoisotopic (exact) mass is 323 g/mol. The van der Waals surface area contributed by atoms with E-state index in [2.05, 4.69) is 16.0 Å². The molecule has 1 unspecified atom stereocenters. The molecule has 2 fully saturated rings. The lowest BCUT2D eigenvalue weighted by Crippen LogP contribution is -2.40. The summed E-state index contributed by atoms with van der Waals surface area (Å²) < 4.78 is 26.2. The summed E-state index contributed by atoms with van der Waals surface area (Å²) >= 11 is 0. The molecule has 0 aromatic heterocycles. The van der Waals surface area contributed by atoms with Gasteiger partial charge in [0.05, 0.1) is 12.6 Å². The summed E-state index contributed by atoms with van der Waals surface area (Å²) in [4.78, 5) is 23.9. The van der Waals surface area contributed by atoms with Gasteiger partial charge in [0.2, 0.25) is 5.91 Å². The maximum absolute atomic E-state index is 13.1. The first kappa shape index (κ1) is 15.9. The average molecular weight is 323 g/mol. The van der Waals surface area contributed by atoms with E-state index < -0.39 is 30.8 Å². The van der Waals surface area contributed by atoms with Gasteiger partial charge in [-0.25, -0.2) is 8.78 Å². The van der Waals surface area contributed by atoms with E-state index in [0.717, 1.165) is 18.4 Å². The van der Waals surface area contributed by atoms with Crippen LogP contribution in [0.15, 0.2) is 24.3 Å². The van der Waals surface area contributed by atoms with Crippen LogP contribution in [0, 0.1) is 0 Å². The summed E-state index contributed by atoms with van der Waals surface area (Å²) in [5.41, 5.74) is 1.29. The SMILES string of the molecule is O=C(NC1CC1)c1cccc(CNC(=O)C2CC(F)(F)CN2)c1. The third kappa shape index (κ3) is 4.25. The van der Waals surface area contributed by atoms with Crippen LogP contribution in [0.1, 0.15) is 35.2 Å². The summed E-state index contributed by atoms with van der Waals surface area (Å²) in [6.45, 7) is -0.269. The highest BCUT2D eigenvalue weighted by atomic mass is 19.3. The van der Waals surface area contributed by atoms with Gasteiger partial charge in [0.25, 0.3) is 11.8 Å². The largest absolute Gasteiger partial charge is 0.351 e. The molecule has 0 bridgehead atoms. The lowest BCUT2D eigenvalue weighted by Gasteiger charge is -2.12. The van der Waals surface area contributed by atoms with Crippen molar-refractivity contribution >= 4 is 11.8 Å². The smallest absolute Gasteiger partial charge is 0.262 e. The quantitative estimate of drug-likeness (QED) is 0.762. The topological polar surface area (TPSA) is 70.2 Å². The lowest BCUT2D eigenvalue weighted by atomic mass is 10.1. The number of carbonyl (C=O) groups excluding carboxylic acids is 2. The molecule has 1 aliphatic heterocycles. The number of benzene rings is 1. The molecule has 1 saturated carbocycles. The van der Waals surface area contributed by atoms with Crippen LogP contribution in [0.4, 0.5) is 8.78 Å². The zero-order chi connectivity index (χ0) is 16.4. The minimum atomic E-state index is -2.83. The van der Waals surface area contributed by atoms with E-state index >= 15 is 0 Å². The minimum Gasteiger partial charge on any atom is -0.351 e. The highest BCUT2D eigenvalue weighted by molar-refractivity contribution is 5.94. The van der Waals surface area contributed by atoms with Gasteiger partial charge in [0.1, 0.15) is 0 Å². The molecule has 1 aliphatic carbocycles. The lowest BCUT2D eigenvalue weighted by molar-refractivity contribution is -0.123. The number of amides is 2. The molecule has 2 aliphatic rings. The molecule has 1 saturated heterocycles. The van der Waals surface area contributed by atoms with E-state index in [4.69, 9.17) is 0 Å². The van der Waals surface area contributed by atoms with Crippen LogP contribution in [0.5, 0.6) is 0 Å². The van der Waals surface area contributed by atoms with Crippen molar-refractivity contribution in [3.05, 3.63) is 35.4 Å². The Hall–Kier alpha value is -2.02. The van der Waals surface area contributed by atoms with E-state index in [-0.39, 0.29) is 18.5 Å². The Kier molecular flexibility index (Phi) is 4.30. The van der Waals surface area contributed by atoms with Gasteiger partial charge >= 0.3 is 0 Å². The van der Waals surface area contributed by atoms with Gasteiger partial charge in [-0.2, -0.15) is 0 Å². The van der Waals surface area contributed by atoms with Crippen molar-refractivity contribution in [1.82, 2.24) is 16.0 Å². The zero-order valence-corrected chi connectivity index (χ0v) is 12.6. The molecular formula is C16H19F2N3O2. The van der Waals surface area contributed by atoms with Crippen molar-refractivity contribution in [2.24, 2.45) is 0 Å². The fourth-order valence-electron chi connectivity index (χ4n) is 2.53. The molecule has 2 amide bonds. The van der Waals surface area contributed by atoms with Crippen molar-refractivity contribution in [2.45, 2.75) is 43.8 Å². The van der Waals surface area contributed by atoms with Crippen LogP contribution in [-0.4, -0.2) is 36.4 Å². The maximum atomic E-state index is 13.1. The van der Waals surface area contributed by atoms with Crippen molar-refractivity contribution < 1.29 is 18.4 Å². The minimum absolute atomic E-state index is 0.127. The normalized spacial score (nSPS) is 22.6. The summed E-state index contributed by atoms with van der Waals surface area (Å²) in [7, 11) is 0. The molecule has 1 aromatic rings. The van der Waals surface area contributed by atoms with E-state index in [0.29, 0.717) is 5.56 Å². The van der Waals surface area contributed by atoms with Gasteiger partial charge < -0.3 is 10.6 Å². The number of alkyl halides is 2. The predicted octanol–water partition coefficient (Wildman–Crippen LogP) is 1.19. The Labute approximate surface area is 132 Å². The fraction of sp³-hybridized carbons (Fsp3) is 0.500. The third-order valence-corrected chi connectivity index (χ3v) is 3.99. The Balaban J connectivity index is 1.53. The predicted molar refractivity (Wildman–Crippen MR) is 80.1 cm³/mol. The highest BCUT2D eigenvalue weighted by Gasteiger charge is 2.42. The summed E-state index contributed by atoms with van der Waals surface area (Å²) in [6, 6.07) is 6.35. The fourth-order valence-corrected chi connectivity index (χ4v) is 2.53. The molecule has 1 heterocycles. The van der Waals surface area contributed by atoms with Gasteiger partial charge in [-0.15, -0.1) is 0 Å². The standard InChI is InChI=1S/C16H19F2N3O2/c17-16(18)7-13(20-9-16)15(23)19-8-10-2-1-3-11(6-10)14(22)21-12-4-5-12/h1-3,6,12-13,20H,4-5,7-9H2,(H,19,23)(H,21,22). The summed E-state index contributed by atoms with van der Waals surface area (Å²) in [6.07, 6.45) is 1.55. The number of halogens is 2. The van der Waals surface area contributed by atoms with Gasteiger partial charge in [0.15, 0.2) is 0 Å². The van der Waals surface area contributed by atoms with Gasteiger partial charge in [-0.05, 0) is 30.5 Å². The van der Waals surface area contributed by atoms with Gasteiger partial charge in [-0.3, -0.25) is 14.9 Å². The van der Waals surface area contributed by atoms with Gasteiger partial charge in [-0.1, -0.05) is 12.1 Å². The second-order valence-corrected chi connectivity index (χ2v) is 6.16. The highest BCUT2D eigenvalue weighted by Crippen LogP contribution is 2.25. The number of carbonyl (C=O) groups is 2. The molecule has 1 aromatic carbocycles. The van der Waals surface area contributed by atoms with Crippen molar-refractivity contribution in [1.29, 1.82) is 0 Å². The van der Waals surface area contributed by atoms with E-state index in [9.17, 15) is 18.4 Å². The number of nitrogens with one attached hydrogen (secondary N) is 3. The molecule has 1 atom stereocenters. The number of hydrogen-bond donors (Lipinski definition) is 3. The first-order chi connectivity index (χ1) is 10.9. The second kappa shape index (κ2) is 6.23. The molecule has 3 N–H and O–H groups in total. The van der Waals surface area contributed by atoms with Crippen LogP contribution >= 0.6 is 0 Å². The second-order valence-electron chi connectivity index (χ2n) is 6.16. The molecule has 0 radical (unpaired) electrons. The van der Waals surface area contributed by atoms with Crippen LogP contribution in [-0.2, 0) is 11.3 Å². The van der Waals surface area contributed by atoms with Crippen molar-refractivity contribution in [3.8, 4) is 0 Å². The Morgan fingerprint density at radius 1 is 1.30 bits per heavy atom. The maximum Gasteiger partial charge on any atom is 0.262 e. The average Bonchev–Trinajstić information content (AvgIpc) is 3.26. The molecule has 3 rings (SSSR count). The van der Waals surface area contributed by atoms with Crippen LogP contribution in [0.3, 0.4) is 0 Å². The molecule has 0 spiro atoms. The Morgan fingerprint density at radius 3 is 2.74 bits per heavy atom. The zero-order valence-electron chi connectivity index (χ0n) is 12.6. The van der Waals surface area contributed by atoms with E-state index in [1.54, 1.807) is 24.3 Å². The molecule has 23 heavy (non-hydrogen) atoms. The number of rotatable bonds is 5. The van der Waals surface area contributed by atoms with Crippen LogP contribution < -0.4 is 16.0 Å². The van der Waals surface area contributed by atoms with Crippen LogP contribution in [0.2, 0.25) is 0 Å². The summed E-state index contributed by atoms with van der Waals surface area (Å²) in [5, 5.41) is 8.04. The molecule has 124 valence electrons. The first-order valence-electron chi connectivity index (χ1n) is 7.72. The van der Waals surface area contributed by atoms with Gasteiger partial charge in [0, 0.05) is 24.6 Å². The summed E-state index contributed by atoms with van der Waals surface area (Å²) in [5.74, 6) is -3.41. The molecule has 7 heteroatoms. The Morgan fingerprint density at radius 2 is 2.09 bits per heavy atom. The van der Waals surface area contributed by atoms with Crippen LogP contribution in [0.25, 0.3) is 0 Å². The number of hydrogen-bond acceptors (Lipinski definition) is 3. The van der Waals surface area contributed by atoms with E-state index in [1.807, 2.05) is 0 Å². The van der Waals surface area contributed by atoms with Crippen molar-refractivity contribution in [2.75, 3.05) is 6.54 Å². The van der Waals surface area contributed by atoms with E-state index in [1.165, 1.54) is 0 Å². The van der Waals surface area contributed by atoms with Crippen molar-refractivity contribution in [3.63, 3.8) is 0 Å². The molecule has 5 nitrogen and oxygen atoms in total. The Bertz CT molecular complexity index is 617.